The normalized spacial score (nSPS) is 37.4. The fourth-order valence-corrected chi connectivity index (χ4v) is 1.07. The first kappa shape index (κ1) is 10.7. The summed E-state index contributed by atoms with van der Waals surface area (Å²) in [7, 11) is 0. The molecule has 13 heavy (non-hydrogen) atoms. The van der Waals surface area contributed by atoms with Crippen LogP contribution in [0.2, 0.25) is 0 Å². The first-order chi connectivity index (χ1) is 5.81. The molecule has 1 saturated heterocycles. The molecule has 0 bridgehead atoms. The van der Waals surface area contributed by atoms with Crippen molar-refractivity contribution < 1.29 is 32.5 Å². The van der Waals surface area contributed by atoms with Crippen molar-refractivity contribution in [3.63, 3.8) is 0 Å². The van der Waals surface area contributed by atoms with Crippen LogP contribution in [0.4, 0.5) is 17.6 Å². The van der Waals surface area contributed by atoms with Crippen LogP contribution in [0.5, 0.6) is 0 Å². The molecule has 1 aliphatic rings. The molecule has 0 aromatic carbocycles. The number of hydrogen-bond acceptors (Lipinski definition) is 3. The van der Waals surface area contributed by atoms with Crippen LogP contribution >= 0.6 is 0 Å². The van der Waals surface area contributed by atoms with E-state index in [2.05, 4.69) is 4.74 Å². The maximum atomic E-state index is 12.7. The van der Waals surface area contributed by atoms with Gasteiger partial charge in [-0.1, -0.05) is 0 Å². The van der Waals surface area contributed by atoms with Gasteiger partial charge in [0.05, 0.1) is 13.0 Å². The van der Waals surface area contributed by atoms with E-state index < -0.39 is 37.3 Å². The molecule has 0 aliphatic carbocycles. The Hall–Kier alpha value is -0.400. The molecular formula is C6H8F4O3. The van der Waals surface area contributed by atoms with E-state index in [1.54, 1.807) is 0 Å². The Labute approximate surface area is 70.9 Å². The zero-order valence-electron chi connectivity index (χ0n) is 6.38. The third-order valence-corrected chi connectivity index (χ3v) is 1.81. The van der Waals surface area contributed by atoms with Gasteiger partial charge in [-0.3, -0.25) is 0 Å². The minimum absolute atomic E-state index is 1.26. The Morgan fingerprint density at radius 2 is 1.85 bits per heavy atom. The van der Waals surface area contributed by atoms with E-state index in [9.17, 15) is 17.6 Å². The largest absolute Gasteiger partial charge is 0.393 e. The SMILES string of the molecule is OC[C@H]1OC(O)CC(F)(F)C1(F)F. The van der Waals surface area contributed by atoms with Crippen LogP contribution in [0.15, 0.2) is 0 Å². The fourth-order valence-electron chi connectivity index (χ4n) is 1.07. The Morgan fingerprint density at radius 1 is 1.31 bits per heavy atom. The third-order valence-electron chi connectivity index (χ3n) is 1.81. The molecule has 0 saturated carbocycles. The molecule has 2 N–H and O–H groups in total. The monoisotopic (exact) mass is 204 g/mol. The lowest BCUT2D eigenvalue weighted by Gasteiger charge is -2.38. The molecule has 1 fully saturated rings. The van der Waals surface area contributed by atoms with Crippen LogP contribution in [-0.2, 0) is 4.74 Å². The summed E-state index contributed by atoms with van der Waals surface area (Å²) < 4.78 is 54.5. The van der Waals surface area contributed by atoms with E-state index in [0.29, 0.717) is 0 Å². The number of ether oxygens (including phenoxy) is 1. The van der Waals surface area contributed by atoms with Crippen molar-refractivity contribution in [1.29, 1.82) is 0 Å². The van der Waals surface area contributed by atoms with E-state index in [4.69, 9.17) is 10.2 Å². The van der Waals surface area contributed by atoms with Crippen molar-refractivity contribution in [1.82, 2.24) is 0 Å². The first-order valence-electron chi connectivity index (χ1n) is 3.51. The number of aliphatic hydroxyl groups is 2. The van der Waals surface area contributed by atoms with Gasteiger partial charge in [0.15, 0.2) is 12.4 Å². The predicted octanol–water partition coefficient (Wildman–Crippen LogP) is 0.357. The highest BCUT2D eigenvalue weighted by Gasteiger charge is 2.65. The lowest BCUT2D eigenvalue weighted by molar-refractivity contribution is -0.348. The van der Waals surface area contributed by atoms with Crippen LogP contribution < -0.4 is 0 Å². The summed E-state index contributed by atoms with van der Waals surface area (Å²) in [5, 5.41) is 17.0. The van der Waals surface area contributed by atoms with Gasteiger partial charge in [-0.2, -0.15) is 17.6 Å². The maximum Gasteiger partial charge on any atom is 0.338 e. The standard InChI is InChI=1S/C6H8F4O3/c7-5(8)1-4(12)13-3(2-11)6(5,9)10/h3-4,11-12H,1-2H2/t3-,4?/m1/s1. The van der Waals surface area contributed by atoms with Crippen molar-refractivity contribution in [2.75, 3.05) is 6.61 Å². The average Bonchev–Trinajstić information content (AvgIpc) is 1.96. The summed E-state index contributed by atoms with van der Waals surface area (Å²) in [5.74, 6) is -8.79. The Bertz CT molecular complexity index is 196. The molecule has 7 heteroatoms. The predicted molar refractivity (Wildman–Crippen MR) is 32.5 cm³/mol. The molecule has 0 aromatic rings. The summed E-state index contributed by atoms with van der Waals surface area (Å²) in [6.07, 6.45) is -5.78. The minimum atomic E-state index is -4.44. The fraction of sp³-hybridized carbons (Fsp3) is 1.00. The van der Waals surface area contributed by atoms with Crippen LogP contribution in [0, 0.1) is 0 Å². The lowest BCUT2D eigenvalue weighted by atomic mass is 9.99. The van der Waals surface area contributed by atoms with Gasteiger partial charge in [-0.05, 0) is 0 Å². The smallest absolute Gasteiger partial charge is 0.338 e. The van der Waals surface area contributed by atoms with Gasteiger partial charge >= 0.3 is 11.8 Å². The van der Waals surface area contributed by atoms with E-state index in [1.165, 1.54) is 0 Å². The number of rotatable bonds is 1. The Balaban J connectivity index is 2.88. The van der Waals surface area contributed by atoms with Crippen molar-refractivity contribution in [2.45, 2.75) is 30.7 Å². The quantitative estimate of drug-likeness (QED) is 0.606. The molecule has 1 aliphatic heterocycles. The summed E-state index contributed by atoms with van der Waals surface area (Å²) in [6.45, 7) is -1.26. The molecule has 0 amide bonds. The first-order valence-corrected chi connectivity index (χ1v) is 3.51. The van der Waals surface area contributed by atoms with Crippen molar-refractivity contribution >= 4 is 0 Å². The highest BCUT2D eigenvalue weighted by Crippen LogP contribution is 2.45. The maximum absolute atomic E-state index is 12.7. The van der Waals surface area contributed by atoms with Crippen molar-refractivity contribution in [2.24, 2.45) is 0 Å². The number of halogens is 4. The van der Waals surface area contributed by atoms with Crippen LogP contribution in [0.25, 0.3) is 0 Å². The van der Waals surface area contributed by atoms with E-state index in [-0.39, 0.29) is 0 Å². The summed E-state index contributed by atoms with van der Waals surface area (Å²) in [4.78, 5) is 0. The van der Waals surface area contributed by atoms with Crippen molar-refractivity contribution in [3.05, 3.63) is 0 Å². The summed E-state index contributed by atoms with van der Waals surface area (Å²) in [5.41, 5.74) is 0. The molecular weight excluding hydrogens is 196 g/mol. The second-order valence-corrected chi connectivity index (χ2v) is 2.79. The lowest BCUT2D eigenvalue weighted by Crippen LogP contribution is -2.59. The minimum Gasteiger partial charge on any atom is -0.393 e. The van der Waals surface area contributed by atoms with Crippen molar-refractivity contribution in [3.8, 4) is 0 Å². The van der Waals surface area contributed by atoms with Gasteiger partial charge in [0, 0.05) is 0 Å². The molecule has 78 valence electrons. The topological polar surface area (TPSA) is 49.7 Å². The summed E-state index contributed by atoms with van der Waals surface area (Å²) >= 11 is 0. The second-order valence-electron chi connectivity index (χ2n) is 2.79. The van der Waals surface area contributed by atoms with Gasteiger partial charge in [0.25, 0.3) is 0 Å². The number of hydrogen-bond donors (Lipinski definition) is 2. The zero-order chi connectivity index (χ0) is 10.3. The Kier molecular flexibility index (Phi) is 2.52. The van der Waals surface area contributed by atoms with E-state index in [0.717, 1.165) is 0 Å². The summed E-state index contributed by atoms with van der Waals surface area (Å²) in [6, 6.07) is 0. The van der Waals surface area contributed by atoms with Gasteiger partial charge < -0.3 is 14.9 Å². The molecule has 2 atom stereocenters. The second kappa shape index (κ2) is 3.07. The van der Waals surface area contributed by atoms with Gasteiger partial charge in [-0.25, -0.2) is 0 Å². The highest BCUT2D eigenvalue weighted by molar-refractivity contribution is 4.95. The van der Waals surface area contributed by atoms with Crippen LogP contribution in [0.3, 0.4) is 0 Å². The van der Waals surface area contributed by atoms with Gasteiger partial charge in [0.2, 0.25) is 0 Å². The number of aliphatic hydroxyl groups excluding tert-OH is 2. The van der Waals surface area contributed by atoms with Crippen LogP contribution in [-0.4, -0.2) is 41.1 Å². The van der Waals surface area contributed by atoms with Crippen LogP contribution in [0.1, 0.15) is 6.42 Å². The van der Waals surface area contributed by atoms with Gasteiger partial charge in [-0.15, -0.1) is 0 Å². The van der Waals surface area contributed by atoms with E-state index >= 15 is 0 Å². The molecule has 1 rings (SSSR count). The Morgan fingerprint density at radius 3 is 2.31 bits per heavy atom. The molecule has 1 heterocycles. The molecule has 0 radical (unpaired) electrons. The number of alkyl halides is 4. The van der Waals surface area contributed by atoms with E-state index in [1.807, 2.05) is 0 Å². The highest BCUT2D eigenvalue weighted by atomic mass is 19.3. The molecule has 1 unspecified atom stereocenters. The molecule has 0 spiro atoms. The molecule has 3 nitrogen and oxygen atoms in total. The third kappa shape index (κ3) is 1.63. The van der Waals surface area contributed by atoms with Gasteiger partial charge in [0.1, 0.15) is 0 Å². The zero-order valence-corrected chi connectivity index (χ0v) is 6.38. The molecule has 0 aromatic heterocycles. The average molecular weight is 204 g/mol.